The molecule has 0 rings (SSSR count). The van der Waals surface area contributed by atoms with Crippen molar-refractivity contribution >= 4 is 13.8 Å². The van der Waals surface area contributed by atoms with Crippen molar-refractivity contribution in [1.29, 1.82) is 0 Å². The minimum atomic E-state index is -4.28. The van der Waals surface area contributed by atoms with Crippen LogP contribution in [0.5, 0.6) is 0 Å². The van der Waals surface area contributed by atoms with E-state index in [9.17, 15) is 14.3 Å². The number of allylic oxidation sites excluding steroid dienone is 10. The Morgan fingerprint density at radius 1 is 0.508 bits per heavy atom. The number of phosphoric ester groups is 1. The van der Waals surface area contributed by atoms with E-state index in [0.29, 0.717) is 24.1 Å². The molecule has 0 fully saturated rings. The first-order valence-electron chi connectivity index (χ1n) is 26.0. The molecule has 0 aliphatic heterocycles. The molecule has 0 radical (unpaired) electrons. The molecule has 368 valence electrons. The highest BCUT2D eigenvalue weighted by atomic mass is 31.2. The fourth-order valence-electron chi connectivity index (χ4n) is 7.11. The summed E-state index contributed by atoms with van der Waals surface area (Å²) in [7, 11) is 1.66. The van der Waals surface area contributed by atoms with Gasteiger partial charge in [0, 0.05) is 13.0 Å². The number of nitrogens with zero attached hydrogens (tertiary/aromatic N) is 1. The standard InChI is InChI=1S/C54H100NO7P/c1-6-8-10-12-14-16-18-20-22-24-26-27-28-29-30-31-33-35-37-39-41-43-45-47-54(56)62-53(52-61-63(57,58)60-50-48-55(3,4)5)51-59-49-46-44-42-40-38-36-34-32-25-23-21-19-17-15-13-11-9-7-2/h8,10,14,16,20,22,26-27,29-30,53H,6-7,9,11-13,15,17-19,21,23-25,28,31-52H2,1-5H3/p+1/b10-8-,16-14-,22-20-,27-26-,30-29-. The fourth-order valence-corrected chi connectivity index (χ4v) is 7.85. The number of esters is 1. The number of rotatable bonds is 48. The number of unbranched alkanes of at least 4 members (excludes halogenated alkanes) is 24. The van der Waals surface area contributed by atoms with Crippen LogP contribution in [-0.2, 0) is 27.9 Å². The van der Waals surface area contributed by atoms with Gasteiger partial charge in [0.2, 0.25) is 0 Å². The Hall–Kier alpha value is -1.80. The van der Waals surface area contributed by atoms with Crippen molar-refractivity contribution in [3.63, 3.8) is 0 Å². The molecule has 0 spiro atoms. The van der Waals surface area contributed by atoms with Crippen LogP contribution in [0.3, 0.4) is 0 Å². The average molecular weight is 907 g/mol. The Morgan fingerprint density at radius 2 is 0.921 bits per heavy atom. The van der Waals surface area contributed by atoms with E-state index in [4.69, 9.17) is 18.5 Å². The van der Waals surface area contributed by atoms with Crippen LogP contribution in [0.2, 0.25) is 0 Å². The lowest BCUT2D eigenvalue weighted by molar-refractivity contribution is -0.870. The van der Waals surface area contributed by atoms with E-state index >= 15 is 0 Å². The largest absolute Gasteiger partial charge is 0.472 e. The summed E-state index contributed by atoms with van der Waals surface area (Å²) < 4.78 is 35.2. The van der Waals surface area contributed by atoms with Crippen molar-refractivity contribution in [2.45, 2.75) is 225 Å². The van der Waals surface area contributed by atoms with E-state index in [-0.39, 0.29) is 25.8 Å². The van der Waals surface area contributed by atoms with Gasteiger partial charge in [-0.05, 0) is 57.8 Å². The van der Waals surface area contributed by atoms with Crippen LogP contribution in [0, 0.1) is 0 Å². The molecule has 0 aromatic carbocycles. The first-order valence-corrected chi connectivity index (χ1v) is 27.5. The number of carbonyl (C=O) groups excluding carboxylic acids is 1. The van der Waals surface area contributed by atoms with Gasteiger partial charge in [-0.3, -0.25) is 13.8 Å². The van der Waals surface area contributed by atoms with Crippen LogP contribution in [0.4, 0.5) is 0 Å². The quantitative estimate of drug-likeness (QED) is 0.0214. The summed E-state index contributed by atoms with van der Waals surface area (Å²) in [6.45, 7) is 5.52. The Kier molecular flexibility index (Phi) is 45.4. The normalized spacial score (nSPS) is 14.1. The summed E-state index contributed by atoms with van der Waals surface area (Å²) in [4.78, 5) is 23.0. The molecule has 0 heterocycles. The monoisotopic (exact) mass is 907 g/mol. The molecule has 1 N–H and O–H groups in total. The van der Waals surface area contributed by atoms with Gasteiger partial charge < -0.3 is 18.9 Å². The van der Waals surface area contributed by atoms with E-state index in [1.54, 1.807) is 0 Å². The number of hydrogen-bond donors (Lipinski definition) is 1. The lowest BCUT2D eigenvalue weighted by Gasteiger charge is -2.24. The second-order valence-corrected chi connectivity index (χ2v) is 20.0. The maximum atomic E-state index is 12.8. The van der Waals surface area contributed by atoms with Gasteiger partial charge in [-0.15, -0.1) is 0 Å². The third-order valence-corrected chi connectivity index (χ3v) is 12.1. The summed E-state index contributed by atoms with van der Waals surface area (Å²) in [5.74, 6) is -0.323. The third-order valence-electron chi connectivity index (χ3n) is 11.1. The molecule has 0 saturated carbocycles. The lowest BCUT2D eigenvalue weighted by Crippen LogP contribution is -2.37. The van der Waals surface area contributed by atoms with Gasteiger partial charge in [0.25, 0.3) is 0 Å². The highest BCUT2D eigenvalue weighted by molar-refractivity contribution is 7.47. The van der Waals surface area contributed by atoms with E-state index < -0.39 is 13.9 Å². The van der Waals surface area contributed by atoms with Crippen LogP contribution < -0.4 is 0 Å². The van der Waals surface area contributed by atoms with Crippen molar-refractivity contribution in [2.24, 2.45) is 0 Å². The molecule has 2 unspecified atom stereocenters. The predicted molar refractivity (Wildman–Crippen MR) is 270 cm³/mol. The number of ether oxygens (including phenoxy) is 2. The van der Waals surface area contributed by atoms with Crippen LogP contribution in [0.15, 0.2) is 60.8 Å². The van der Waals surface area contributed by atoms with Crippen LogP contribution in [-0.4, -0.2) is 75.6 Å². The van der Waals surface area contributed by atoms with E-state index in [2.05, 4.69) is 74.6 Å². The van der Waals surface area contributed by atoms with E-state index in [0.717, 1.165) is 70.6 Å². The number of phosphoric acid groups is 1. The van der Waals surface area contributed by atoms with Crippen molar-refractivity contribution in [2.75, 3.05) is 54.1 Å². The highest BCUT2D eigenvalue weighted by Gasteiger charge is 2.26. The van der Waals surface area contributed by atoms with Crippen molar-refractivity contribution in [3.05, 3.63) is 60.8 Å². The molecule has 0 saturated heterocycles. The van der Waals surface area contributed by atoms with Crippen LogP contribution >= 0.6 is 7.82 Å². The molecule has 0 aromatic heterocycles. The van der Waals surface area contributed by atoms with Crippen LogP contribution in [0.25, 0.3) is 0 Å². The van der Waals surface area contributed by atoms with Gasteiger partial charge in [-0.2, -0.15) is 0 Å². The minimum absolute atomic E-state index is 0.0852. The smallest absolute Gasteiger partial charge is 0.457 e. The number of likely N-dealkylation sites (N-methyl/N-ethyl adjacent to an activating group) is 1. The third kappa shape index (κ3) is 51.1. The number of hydrogen-bond acceptors (Lipinski definition) is 6. The first kappa shape index (κ1) is 61.2. The molecule has 8 nitrogen and oxygen atoms in total. The van der Waals surface area contributed by atoms with E-state index in [1.165, 1.54) is 128 Å². The Bertz CT molecular complexity index is 1190. The predicted octanol–water partition coefficient (Wildman–Crippen LogP) is 16.1. The number of quaternary nitrogens is 1. The fraction of sp³-hybridized carbons (Fsp3) is 0.796. The molecular formula is C54H101NO7P+. The van der Waals surface area contributed by atoms with Gasteiger partial charge in [0.05, 0.1) is 34.4 Å². The zero-order chi connectivity index (χ0) is 46.2. The zero-order valence-electron chi connectivity index (χ0n) is 41.8. The topological polar surface area (TPSA) is 91.3 Å². The van der Waals surface area contributed by atoms with Gasteiger partial charge >= 0.3 is 13.8 Å². The zero-order valence-corrected chi connectivity index (χ0v) is 42.7. The van der Waals surface area contributed by atoms with Crippen molar-refractivity contribution < 1.29 is 37.3 Å². The maximum Gasteiger partial charge on any atom is 0.472 e. The first-order chi connectivity index (χ1) is 30.6. The van der Waals surface area contributed by atoms with Gasteiger partial charge in [0.1, 0.15) is 19.3 Å². The summed E-state index contributed by atoms with van der Waals surface area (Å²) in [6, 6.07) is 0. The molecule has 0 aromatic rings. The summed E-state index contributed by atoms with van der Waals surface area (Å²) in [6.07, 6.45) is 59.8. The Labute approximate surface area is 390 Å². The molecule has 63 heavy (non-hydrogen) atoms. The summed E-state index contributed by atoms with van der Waals surface area (Å²) in [5, 5.41) is 0. The molecule has 2 atom stereocenters. The summed E-state index contributed by atoms with van der Waals surface area (Å²) >= 11 is 0. The van der Waals surface area contributed by atoms with Crippen molar-refractivity contribution in [1.82, 2.24) is 0 Å². The molecule has 0 aliphatic rings. The SMILES string of the molecule is CC/C=C\C/C=C\C/C=C\C/C=C\C/C=C\CCCCCCCCCC(=O)OC(COCCCCCCCCCCCCCCCCCCCC)COP(=O)(O)OCC[N+](C)(C)C. The Balaban J connectivity index is 4.16. The second-order valence-electron chi connectivity index (χ2n) is 18.5. The number of carbonyl (C=O) groups is 1. The second kappa shape index (κ2) is 46.7. The molecule has 9 heteroatoms. The Morgan fingerprint density at radius 3 is 1.38 bits per heavy atom. The highest BCUT2D eigenvalue weighted by Crippen LogP contribution is 2.43. The van der Waals surface area contributed by atoms with Gasteiger partial charge in [0.15, 0.2) is 0 Å². The summed E-state index contributed by atoms with van der Waals surface area (Å²) in [5.41, 5.74) is 0. The molecule has 0 bridgehead atoms. The van der Waals surface area contributed by atoms with Gasteiger partial charge in [-0.1, -0.05) is 216 Å². The minimum Gasteiger partial charge on any atom is -0.457 e. The van der Waals surface area contributed by atoms with E-state index in [1.807, 2.05) is 21.1 Å². The lowest BCUT2D eigenvalue weighted by atomic mass is 10.0. The maximum absolute atomic E-state index is 12.8. The van der Waals surface area contributed by atoms with Crippen molar-refractivity contribution in [3.8, 4) is 0 Å². The molecular weight excluding hydrogens is 806 g/mol. The van der Waals surface area contributed by atoms with Gasteiger partial charge in [-0.25, -0.2) is 4.57 Å². The van der Waals surface area contributed by atoms with Crippen LogP contribution in [0.1, 0.15) is 219 Å². The molecule has 0 aliphatic carbocycles. The average Bonchev–Trinajstić information content (AvgIpc) is 3.24. The molecule has 0 amide bonds.